The summed E-state index contributed by atoms with van der Waals surface area (Å²) in [7, 11) is 1.61. The molecule has 122 valence electrons. The predicted molar refractivity (Wildman–Crippen MR) is 83.6 cm³/mol. The van der Waals surface area contributed by atoms with E-state index >= 15 is 0 Å². The van der Waals surface area contributed by atoms with Gasteiger partial charge in [0.05, 0.1) is 6.54 Å². The van der Waals surface area contributed by atoms with E-state index in [0.717, 1.165) is 5.56 Å². The molecule has 2 aromatic rings. The standard InChI is InChI=1S/C17H19NO5/c1-11-4-6-13(7-5-11)22-10-16(19)18(3)9-14-8-15(17(20)21)12(2)23-14/h4-8H,9-10H2,1-3H3,(H,20,21). The molecule has 1 heterocycles. The number of rotatable bonds is 6. The summed E-state index contributed by atoms with van der Waals surface area (Å²) in [4.78, 5) is 24.5. The molecule has 23 heavy (non-hydrogen) atoms. The number of likely N-dealkylation sites (N-methyl/N-ethyl adjacent to an activating group) is 1. The van der Waals surface area contributed by atoms with Gasteiger partial charge in [-0.25, -0.2) is 4.79 Å². The van der Waals surface area contributed by atoms with Crippen LogP contribution in [0.25, 0.3) is 0 Å². The highest BCUT2D eigenvalue weighted by Crippen LogP contribution is 2.16. The van der Waals surface area contributed by atoms with E-state index in [2.05, 4.69) is 0 Å². The van der Waals surface area contributed by atoms with Crippen LogP contribution in [0.3, 0.4) is 0 Å². The molecule has 0 radical (unpaired) electrons. The third-order valence-electron chi connectivity index (χ3n) is 3.40. The number of aryl methyl sites for hydroxylation is 2. The van der Waals surface area contributed by atoms with Gasteiger partial charge in [0.15, 0.2) is 6.61 Å². The fraction of sp³-hybridized carbons (Fsp3) is 0.294. The van der Waals surface area contributed by atoms with Gasteiger partial charge >= 0.3 is 5.97 Å². The van der Waals surface area contributed by atoms with Crippen molar-refractivity contribution < 1.29 is 23.8 Å². The van der Waals surface area contributed by atoms with Crippen molar-refractivity contribution >= 4 is 11.9 Å². The van der Waals surface area contributed by atoms with Crippen LogP contribution in [0, 0.1) is 13.8 Å². The van der Waals surface area contributed by atoms with Crippen LogP contribution in [0.15, 0.2) is 34.7 Å². The summed E-state index contributed by atoms with van der Waals surface area (Å²) in [6, 6.07) is 8.85. The average Bonchev–Trinajstić information content (AvgIpc) is 2.87. The van der Waals surface area contributed by atoms with Crippen LogP contribution in [-0.4, -0.2) is 35.5 Å². The number of carboxylic acids is 1. The van der Waals surface area contributed by atoms with E-state index in [1.54, 1.807) is 26.1 Å². The van der Waals surface area contributed by atoms with Gasteiger partial charge in [-0.3, -0.25) is 4.79 Å². The molecule has 0 aliphatic carbocycles. The van der Waals surface area contributed by atoms with Crippen LogP contribution in [0.5, 0.6) is 5.75 Å². The van der Waals surface area contributed by atoms with Crippen molar-refractivity contribution in [1.29, 1.82) is 0 Å². The first-order valence-electron chi connectivity index (χ1n) is 7.13. The summed E-state index contributed by atoms with van der Waals surface area (Å²) in [6.07, 6.45) is 0. The number of hydrogen-bond donors (Lipinski definition) is 1. The number of hydrogen-bond acceptors (Lipinski definition) is 4. The molecule has 0 saturated heterocycles. The van der Waals surface area contributed by atoms with Crippen LogP contribution < -0.4 is 4.74 Å². The molecule has 1 amide bonds. The number of amides is 1. The second-order valence-electron chi connectivity index (χ2n) is 5.34. The zero-order valence-corrected chi connectivity index (χ0v) is 13.3. The molecule has 2 rings (SSSR count). The number of carboxylic acid groups (broad SMARTS) is 1. The molecule has 1 aromatic heterocycles. The maximum absolute atomic E-state index is 12.1. The summed E-state index contributed by atoms with van der Waals surface area (Å²) in [5.41, 5.74) is 1.22. The normalized spacial score (nSPS) is 10.4. The van der Waals surface area contributed by atoms with Crippen LogP contribution in [0.4, 0.5) is 0 Å². The smallest absolute Gasteiger partial charge is 0.339 e. The third kappa shape index (κ3) is 4.35. The molecule has 6 nitrogen and oxygen atoms in total. The lowest BCUT2D eigenvalue weighted by atomic mass is 10.2. The molecule has 0 saturated carbocycles. The van der Waals surface area contributed by atoms with E-state index in [4.69, 9.17) is 14.3 Å². The Hall–Kier alpha value is -2.76. The van der Waals surface area contributed by atoms with Gasteiger partial charge in [-0.05, 0) is 32.0 Å². The Morgan fingerprint density at radius 3 is 2.43 bits per heavy atom. The zero-order chi connectivity index (χ0) is 17.0. The first-order valence-corrected chi connectivity index (χ1v) is 7.13. The minimum absolute atomic E-state index is 0.0922. The Bertz CT molecular complexity index is 702. The van der Waals surface area contributed by atoms with E-state index in [0.29, 0.717) is 17.3 Å². The first-order chi connectivity index (χ1) is 10.9. The zero-order valence-electron chi connectivity index (χ0n) is 13.3. The van der Waals surface area contributed by atoms with Crippen molar-refractivity contribution in [2.75, 3.05) is 13.7 Å². The number of benzene rings is 1. The van der Waals surface area contributed by atoms with E-state index in [-0.39, 0.29) is 24.6 Å². The van der Waals surface area contributed by atoms with Crippen molar-refractivity contribution in [3.05, 3.63) is 53.0 Å². The number of ether oxygens (including phenoxy) is 1. The van der Waals surface area contributed by atoms with Gasteiger partial charge in [0.2, 0.25) is 0 Å². The average molecular weight is 317 g/mol. The maximum atomic E-state index is 12.1. The number of nitrogens with zero attached hydrogens (tertiary/aromatic N) is 1. The van der Waals surface area contributed by atoms with E-state index in [1.165, 1.54) is 11.0 Å². The van der Waals surface area contributed by atoms with Crippen molar-refractivity contribution in [2.45, 2.75) is 20.4 Å². The molecular weight excluding hydrogens is 298 g/mol. The van der Waals surface area contributed by atoms with Gasteiger partial charge < -0.3 is 19.2 Å². The van der Waals surface area contributed by atoms with Crippen molar-refractivity contribution in [1.82, 2.24) is 4.90 Å². The molecule has 0 fully saturated rings. The minimum Gasteiger partial charge on any atom is -0.484 e. The van der Waals surface area contributed by atoms with E-state index in [1.807, 2.05) is 19.1 Å². The van der Waals surface area contributed by atoms with Gasteiger partial charge in [0.25, 0.3) is 5.91 Å². The summed E-state index contributed by atoms with van der Waals surface area (Å²) < 4.78 is 10.8. The Morgan fingerprint density at radius 1 is 1.22 bits per heavy atom. The van der Waals surface area contributed by atoms with Crippen molar-refractivity contribution in [2.24, 2.45) is 0 Å². The highest BCUT2D eigenvalue weighted by atomic mass is 16.5. The highest BCUT2D eigenvalue weighted by molar-refractivity contribution is 5.88. The quantitative estimate of drug-likeness (QED) is 0.886. The lowest BCUT2D eigenvalue weighted by molar-refractivity contribution is -0.132. The largest absolute Gasteiger partial charge is 0.484 e. The van der Waals surface area contributed by atoms with Crippen LogP contribution in [-0.2, 0) is 11.3 Å². The summed E-state index contributed by atoms with van der Waals surface area (Å²) in [6.45, 7) is 3.64. The van der Waals surface area contributed by atoms with E-state index < -0.39 is 5.97 Å². The fourth-order valence-corrected chi connectivity index (χ4v) is 2.05. The summed E-state index contributed by atoms with van der Waals surface area (Å²) in [5, 5.41) is 8.99. The van der Waals surface area contributed by atoms with Gasteiger partial charge in [-0.15, -0.1) is 0 Å². The third-order valence-corrected chi connectivity index (χ3v) is 3.40. The topological polar surface area (TPSA) is 80.0 Å². The Labute approximate surface area is 134 Å². The van der Waals surface area contributed by atoms with Crippen LogP contribution >= 0.6 is 0 Å². The monoisotopic (exact) mass is 317 g/mol. The molecule has 1 N–H and O–H groups in total. The van der Waals surface area contributed by atoms with Crippen LogP contribution in [0.1, 0.15) is 27.4 Å². The van der Waals surface area contributed by atoms with Gasteiger partial charge in [-0.2, -0.15) is 0 Å². The van der Waals surface area contributed by atoms with Crippen LogP contribution in [0.2, 0.25) is 0 Å². The summed E-state index contributed by atoms with van der Waals surface area (Å²) in [5.74, 6) is 0.0976. The Balaban J connectivity index is 1.91. The molecule has 0 atom stereocenters. The SMILES string of the molecule is Cc1ccc(OCC(=O)N(C)Cc2cc(C(=O)O)c(C)o2)cc1. The Morgan fingerprint density at radius 2 is 1.87 bits per heavy atom. The Kier molecular flexibility index (Phi) is 5.05. The summed E-state index contributed by atoms with van der Waals surface area (Å²) >= 11 is 0. The van der Waals surface area contributed by atoms with Gasteiger partial charge in [0, 0.05) is 7.05 Å². The molecule has 1 aromatic carbocycles. The van der Waals surface area contributed by atoms with E-state index in [9.17, 15) is 9.59 Å². The first kappa shape index (κ1) is 16.6. The molecular formula is C17H19NO5. The molecule has 0 aliphatic rings. The van der Waals surface area contributed by atoms with Gasteiger partial charge in [-0.1, -0.05) is 17.7 Å². The predicted octanol–water partition coefficient (Wildman–Crippen LogP) is 2.63. The number of furan rings is 1. The van der Waals surface area contributed by atoms with Crippen molar-refractivity contribution in [3.8, 4) is 5.75 Å². The maximum Gasteiger partial charge on any atom is 0.339 e. The van der Waals surface area contributed by atoms with Gasteiger partial charge in [0.1, 0.15) is 22.8 Å². The molecule has 0 unspecified atom stereocenters. The minimum atomic E-state index is -1.05. The second kappa shape index (κ2) is 7.00. The number of carbonyl (C=O) groups is 2. The lowest BCUT2D eigenvalue weighted by Gasteiger charge is -2.16. The lowest BCUT2D eigenvalue weighted by Crippen LogP contribution is -2.30. The molecule has 0 bridgehead atoms. The molecule has 0 spiro atoms. The number of aromatic carboxylic acids is 1. The molecule has 0 aliphatic heterocycles. The highest BCUT2D eigenvalue weighted by Gasteiger charge is 2.17. The van der Waals surface area contributed by atoms with Crippen molar-refractivity contribution in [3.63, 3.8) is 0 Å². The number of carbonyl (C=O) groups excluding carboxylic acids is 1. The second-order valence-corrected chi connectivity index (χ2v) is 5.34. The fourth-order valence-electron chi connectivity index (χ4n) is 2.05. The molecule has 6 heteroatoms.